The Kier molecular flexibility index (Phi) is 4.50. The predicted octanol–water partition coefficient (Wildman–Crippen LogP) is 2.00. The highest BCUT2D eigenvalue weighted by atomic mass is 16.5. The van der Waals surface area contributed by atoms with E-state index in [0.29, 0.717) is 23.3 Å². The molecule has 108 valence electrons. The molecule has 1 N–H and O–H groups in total. The van der Waals surface area contributed by atoms with Crippen LogP contribution in [-0.2, 0) is 4.79 Å². The van der Waals surface area contributed by atoms with Crippen LogP contribution in [0.15, 0.2) is 18.2 Å². The molecular weight excluding hydrogens is 258 g/mol. The summed E-state index contributed by atoms with van der Waals surface area (Å²) in [7, 11) is 4.67. The van der Waals surface area contributed by atoms with Crippen molar-refractivity contribution in [1.29, 1.82) is 0 Å². The van der Waals surface area contributed by atoms with Crippen LogP contribution in [0.2, 0.25) is 0 Å². The third-order valence-corrected chi connectivity index (χ3v) is 3.04. The molecule has 1 saturated carbocycles. The first-order valence-corrected chi connectivity index (χ1v) is 6.46. The zero-order chi connectivity index (χ0) is 14.5. The summed E-state index contributed by atoms with van der Waals surface area (Å²) in [6.45, 7) is 0. The highest BCUT2D eigenvalue weighted by Crippen LogP contribution is 2.38. The SMILES string of the molecule is COc1cc(/C=C\C(=O)NC2CC2)cc(OC)c1OC. The molecule has 1 aromatic rings. The number of nitrogens with one attached hydrogen (secondary N) is 1. The fourth-order valence-corrected chi connectivity index (χ4v) is 1.85. The van der Waals surface area contributed by atoms with Gasteiger partial charge in [-0.2, -0.15) is 0 Å². The topological polar surface area (TPSA) is 56.8 Å². The molecule has 0 unspecified atom stereocenters. The third-order valence-electron chi connectivity index (χ3n) is 3.04. The van der Waals surface area contributed by atoms with Crippen molar-refractivity contribution in [2.24, 2.45) is 0 Å². The fourth-order valence-electron chi connectivity index (χ4n) is 1.85. The number of methoxy groups -OCH3 is 3. The first-order valence-electron chi connectivity index (χ1n) is 6.46. The number of benzene rings is 1. The number of hydrogen-bond acceptors (Lipinski definition) is 4. The van der Waals surface area contributed by atoms with E-state index >= 15 is 0 Å². The normalized spacial score (nSPS) is 14.2. The minimum atomic E-state index is -0.0822. The molecule has 5 nitrogen and oxygen atoms in total. The Morgan fingerprint density at radius 2 is 1.75 bits per heavy atom. The molecule has 1 aliphatic rings. The summed E-state index contributed by atoms with van der Waals surface area (Å²) >= 11 is 0. The number of amides is 1. The number of carbonyl (C=O) groups is 1. The van der Waals surface area contributed by atoms with Crippen molar-refractivity contribution in [3.63, 3.8) is 0 Å². The van der Waals surface area contributed by atoms with E-state index in [1.54, 1.807) is 39.5 Å². The molecule has 0 saturated heterocycles. The van der Waals surface area contributed by atoms with Crippen LogP contribution in [0.25, 0.3) is 6.08 Å². The van der Waals surface area contributed by atoms with Crippen LogP contribution in [0.1, 0.15) is 18.4 Å². The van der Waals surface area contributed by atoms with Gasteiger partial charge in [-0.3, -0.25) is 4.79 Å². The van der Waals surface area contributed by atoms with Crippen LogP contribution in [0, 0.1) is 0 Å². The highest BCUT2D eigenvalue weighted by Gasteiger charge is 2.22. The molecule has 2 rings (SSSR count). The Morgan fingerprint density at radius 1 is 1.15 bits per heavy atom. The second-order valence-corrected chi connectivity index (χ2v) is 4.57. The molecule has 1 aromatic carbocycles. The Labute approximate surface area is 118 Å². The van der Waals surface area contributed by atoms with Gasteiger partial charge in [-0.15, -0.1) is 0 Å². The van der Waals surface area contributed by atoms with Crippen molar-refractivity contribution in [3.8, 4) is 17.2 Å². The summed E-state index contributed by atoms with van der Waals surface area (Å²) in [6, 6.07) is 3.94. The summed E-state index contributed by atoms with van der Waals surface area (Å²) < 4.78 is 15.8. The van der Waals surface area contributed by atoms with Gasteiger partial charge in [0.1, 0.15) is 0 Å². The largest absolute Gasteiger partial charge is 0.493 e. The summed E-state index contributed by atoms with van der Waals surface area (Å²) in [4.78, 5) is 11.6. The van der Waals surface area contributed by atoms with Crippen molar-refractivity contribution in [2.45, 2.75) is 18.9 Å². The second kappa shape index (κ2) is 6.32. The Bertz CT molecular complexity index is 496. The van der Waals surface area contributed by atoms with Gasteiger partial charge in [0.15, 0.2) is 11.5 Å². The molecule has 0 aliphatic heterocycles. The maximum atomic E-state index is 11.6. The maximum absolute atomic E-state index is 11.6. The van der Waals surface area contributed by atoms with Gasteiger partial charge >= 0.3 is 0 Å². The average Bonchev–Trinajstić information content (AvgIpc) is 3.27. The van der Waals surface area contributed by atoms with Crippen molar-refractivity contribution in [1.82, 2.24) is 5.32 Å². The Hall–Kier alpha value is -2.17. The molecule has 1 amide bonds. The first kappa shape index (κ1) is 14.2. The van der Waals surface area contributed by atoms with Gasteiger partial charge in [0, 0.05) is 12.1 Å². The predicted molar refractivity (Wildman–Crippen MR) is 76.3 cm³/mol. The minimum Gasteiger partial charge on any atom is -0.493 e. The molecule has 20 heavy (non-hydrogen) atoms. The van der Waals surface area contributed by atoms with Gasteiger partial charge in [0.05, 0.1) is 21.3 Å². The van der Waals surface area contributed by atoms with E-state index in [0.717, 1.165) is 18.4 Å². The monoisotopic (exact) mass is 277 g/mol. The van der Waals surface area contributed by atoms with Gasteiger partial charge in [-0.25, -0.2) is 0 Å². The first-order chi connectivity index (χ1) is 9.67. The van der Waals surface area contributed by atoms with Crippen LogP contribution in [0.4, 0.5) is 0 Å². The van der Waals surface area contributed by atoms with Crippen LogP contribution in [0.5, 0.6) is 17.2 Å². The summed E-state index contributed by atoms with van der Waals surface area (Å²) in [5, 5.41) is 2.89. The van der Waals surface area contributed by atoms with Crippen LogP contribution in [-0.4, -0.2) is 33.3 Å². The summed E-state index contributed by atoms with van der Waals surface area (Å²) in [5.74, 6) is 1.58. The van der Waals surface area contributed by atoms with Gasteiger partial charge in [-0.05, 0) is 36.6 Å². The van der Waals surface area contributed by atoms with Crippen molar-refractivity contribution >= 4 is 12.0 Å². The smallest absolute Gasteiger partial charge is 0.244 e. The van der Waals surface area contributed by atoms with E-state index in [9.17, 15) is 4.79 Å². The molecule has 0 radical (unpaired) electrons. The van der Waals surface area contributed by atoms with Crippen LogP contribution >= 0.6 is 0 Å². The minimum absolute atomic E-state index is 0.0822. The lowest BCUT2D eigenvalue weighted by Crippen LogP contribution is -2.22. The van der Waals surface area contributed by atoms with E-state index in [2.05, 4.69) is 5.32 Å². The standard InChI is InChI=1S/C15H19NO4/c1-18-12-8-10(9-13(19-2)15(12)20-3)4-7-14(17)16-11-5-6-11/h4,7-9,11H,5-6H2,1-3H3,(H,16,17)/b7-4-. The van der Waals surface area contributed by atoms with Gasteiger partial charge in [0.25, 0.3) is 0 Å². The van der Waals surface area contributed by atoms with Gasteiger partial charge in [-0.1, -0.05) is 0 Å². The van der Waals surface area contributed by atoms with Gasteiger partial charge < -0.3 is 19.5 Å². The fraction of sp³-hybridized carbons (Fsp3) is 0.400. The second-order valence-electron chi connectivity index (χ2n) is 4.57. The number of carbonyl (C=O) groups excluding carboxylic acids is 1. The maximum Gasteiger partial charge on any atom is 0.244 e. The molecule has 1 aliphatic carbocycles. The Balaban J connectivity index is 2.18. The quantitative estimate of drug-likeness (QED) is 0.808. The lowest BCUT2D eigenvalue weighted by molar-refractivity contribution is -0.116. The number of rotatable bonds is 6. The van der Waals surface area contributed by atoms with Crippen LogP contribution < -0.4 is 19.5 Å². The number of ether oxygens (including phenoxy) is 3. The van der Waals surface area contributed by atoms with E-state index in [4.69, 9.17) is 14.2 Å². The molecule has 0 bridgehead atoms. The van der Waals surface area contributed by atoms with Gasteiger partial charge in [0.2, 0.25) is 11.7 Å². The highest BCUT2D eigenvalue weighted by molar-refractivity contribution is 5.92. The van der Waals surface area contributed by atoms with E-state index in [1.165, 1.54) is 6.08 Å². The average molecular weight is 277 g/mol. The lowest BCUT2D eigenvalue weighted by Gasteiger charge is -2.12. The van der Waals surface area contributed by atoms with Crippen LogP contribution in [0.3, 0.4) is 0 Å². The molecule has 0 spiro atoms. The zero-order valence-corrected chi connectivity index (χ0v) is 11.9. The van der Waals surface area contributed by atoms with E-state index < -0.39 is 0 Å². The third kappa shape index (κ3) is 3.44. The van der Waals surface area contributed by atoms with Crippen molar-refractivity contribution < 1.29 is 19.0 Å². The summed E-state index contributed by atoms with van der Waals surface area (Å²) in [6.07, 6.45) is 5.38. The Morgan fingerprint density at radius 3 is 2.20 bits per heavy atom. The van der Waals surface area contributed by atoms with E-state index in [1.807, 2.05) is 0 Å². The zero-order valence-electron chi connectivity index (χ0n) is 11.9. The van der Waals surface area contributed by atoms with Crippen molar-refractivity contribution in [3.05, 3.63) is 23.8 Å². The summed E-state index contributed by atoms with van der Waals surface area (Å²) in [5.41, 5.74) is 0.811. The molecular formula is C15H19NO4. The molecule has 5 heteroatoms. The number of hydrogen-bond donors (Lipinski definition) is 1. The molecule has 0 aromatic heterocycles. The van der Waals surface area contributed by atoms with Crippen molar-refractivity contribution in [2.75, 3.05) is 21.3 Å². The molecule has 0 atom stereocenters. The molecule has 0 heterocycles. The molecule has 1 fully saturated rings. The van der Waals surface area contributed by atoms with E-state index in [-0.39, 0.29) is 5.91 Å². The lowest BCUT2D eigenvalue weighted by atomic mass is 10.1.